The average Bonchev–Trinajstić information content (AvgIpc) is 2.69. The average molecular weight is 352 g/mol. The fraction of sp³-hybridized carbons (Fsp3) is 0.238. The molecule has 5 heteroatoms. The predicted octanol–water partition coefficient (Wildman–Crippen LogP) is 2.46. The lowest BCUT2D eigenvalue weighted by Gasteiger charge is -2.09. The van der Waals surface area contributed by atoms with Crippen molar-refractivity contribution in [3.05, 3.63) is 47.0 Å². The fourth-order valence-electron chi connectivity index (χ4n) is 2.24. The van der Waals surface area contributed by atoms with E-state index < -0.39 is 0 Å². The topological polar surface area (TPSA) is 57.2 Å². The first kappa shape index (κ1) is 19.1. The van der Waals surface area contributed by atoms with Crippen LogP contribution in [0.5, 0.6) is 23.0 Å². The van der Waals surface area contributed by atoms with E-state index in [1.165, 1.54) is 0 Å². The minimum atomic E-state index is -0.242. The molecule has 0 heterocycles. The van der Waals surface area contributed by atoms with Crippen molar-refractivity contribution in [3.63, 3.8) is 0 Å². The summed E-state index contributed by atoms with van der Waals surface area (Å²) in [5.41, 5.74) is 2.03. The van der Waals surface area contributed by atoms with Crippen molar-refractivity contribution in [1.82, 2.24) is 0 Å². The molecule has 0 aromatic heterocycles. The van der Waals surface area contributed by atoms with Crippen molar-refractivity contribution in [2.75, 3.05) is 35.0 Å². The lowest BCUT2D eigenvalue weighted by atomic mass is 10.1. The van der Waals surface area contributed by atoms with E-state index in [9.17, 15) is 0 Å². The molecular formula is C21H20O5. The summed E-state index contributed by atoms with van der Waals surface area (Å²) in [4.78, 5) is 0. The van der Waals surface area contributed by atoms with Gasteiger partial charge in [-0.1, -0.05) is 23.7 Å². The standard InChI is InChI=1S/C21H20O5/c1-23-18-10-15(11-19(14-18)24-2)7-8-17-13-21(26-4)20(25-3)12-16(17)6-5-9-22/h10-14,22H,9H2,1-4H3. The van der Waals surface area contributed by atoms with Crippen LogP contribution in [0.25, 0.3) is 0 Å². The Balaban J connectivity index is 2.54. The van der Waals surface area contributed by atoms with Crippen LogP contribution < -0.4 is 18.9 Å². The van der Waals surface area contributed by atoms with Gasteiger partial charge in [-0.25, -0.2) is 0 Å². The molecule has 2 aromatic rings. The van der Waals surface area contributed by atoms with Gasteiger partial charge in [0, 0.05) is 34.9 Å². The summed E-state index contributed by atoms with van der Waals surface area (Å²) < 4.78 is 21.1. The van der Waals surface area contributed by atoms with E-state index in [4.69, 9.17) is 24.1 Å². The van der Waals surface area contributed by atoms with Crippen molar-refractivity contribution < 1.29 is 24.1 Å². The van der Waals surface area contributed by atoms with E-state index in [-0.39, 0.29) is 6.61 Å². The number of aliphatic hydroxyl groups is 1. The van der Waals surface area contributed by atoms with Crippen LogP contribution in [0.3, 0.4) is 0 Å². The molecule has 0 saturated carbocycles. The predicted molar refractivity (Wildman–Crippen MR) is 99.0 cm³/mol. The van der Waals surface area contributed by atoms with Gasteiger partial charge in [-0.05, 0) is 12.1 Å². The second-order valence-electron chi connectivity index (χ2n) is 5.06. The van der Waals surface area contributed by atoms with E-state index >= 15 is 0 Å². The molecule has 0 aliphatic carbocycles. The molecule has 0 unspecified atom stereocenters. The Labute approximate surface area is 153 Å². The van der Waals surface area contributed by atoms with Crippen LogP contribution in [0.2, 0.25) is 0 Å². The monoisotopic (exact) mass is 352 g/mol. The van der Waals surface area contributed by atoms with E-state index in [1.54, 1.807) is 46.6 Å². The van der Waals surface area contributed by atoms with Gasteiger partial charge in [0.15, 0.2) is 11.5 Å². The summed E-state index contributed by atoms with van der Waals surface area (Å²) in [6.07, 6.45) is 0. The van der Waals surface area contributed by atoms with Gasteiger partial charge < -0.3 is 24.1 Å². The van der Waals surface area contributed by atoms with Crippen LogP contribution in [0.1, 0.15) is 16.7 Å². The molecule has 0 amide bonds. The number of aliphatic hydroxyl groups excluding tert-OH is 1. The second-order valence-corrected chi connectivity index (χ2v) is 5.06. The molecule has 26 heavy (non-hydrogen) atoms. The van der Waals surface area contributed by atoms with E-state index in [0.29, 0.717) is 34.1 Å². The maximum absolute atomic E-state index is 8.98. The molecule has 0 aliphatic heterocycles. The second kappa shape index (κ2) is 9.27. The number of hydrogen-bond acceptors (Lipinski definition) is 5. The van der Waals surface area contributed by atoms with Crippen molar-refractivity contribution >= 4 is 0 Å². The Bertz CT molecular complexity index is 872. The lowest BCUT2D eigenvalue weighted by molar-refractivity contribution is 0.350. The van der Waals surface area contributed by atoms with Gasteiger partial charge in [-0.3, -0.25) is 0 Å². The molecule has 1 N–H and O–H groups in total. The van der Waals surface area contributed by atoms with Crippen LogP contribution in [0.4, 0.5) is 0 Å². The maximum atomic E-state index is 8.98. The summed E-state index contributed by atoms with van der Waals surface area (Å²) in [6.45, 7) is -0.242. The molecule has 0 aliphatic rings. The molecular weight excluding hydrogens is 332 g/mol. The summed E-state index contributed by atoms with van der Waals surface area (Å²) in [7, 11) is 6.28. The van der Waals surface area contributed by atoms with E-state index in [1.807, 2.05) is 12.1 Å². The van der Waals surface area contributed by atoms with Crippen molar-refractivity contribution in [1.29, 1.82) is 0 Å². The zero-order chi connectivity index (χ0) is 18.9. The molecule has 2 rings (SSSR count). The molecule has 0 atom stereocenters. The van der Waals surface area contributed by atoms with Gasteiger partial charge in [0.05, 0.1) is 28.4 Å². The third-order valence-corrected chi connectivity index (χ3v) is 3.52. The maximum Gasteiger partial charge on any atom is 0.162 e. The third-order valence-electron chi connectivity index (χ3n) is 3.52. The number of hydrogen-bond donors (Lipinski definition) is 1. The van der Waals surface area contributed by atoms with Gasteiger partial charge in [-0.2, -0.15) is 0 Å². The minimum absolute atomic E-state index is 0.242. The first-order chi connectivity index (χ1) is 12.6. The Morgan fingerprint density at radius 2 is 1.23 bits per heavy atom. The number of benzene rings is 2. The quantitative estimate of drug-likeness (QED) is 0.857. The van der Waals surface area contributed by atoms with Gasteiger partial charge in [0.25, 0.3) is 0 Å². The SMILES string of the molecule is COc1cc(C#Cc2cc(OC)c(OC)cc2C#CCO)cc(OC)c1. The van der Waals surface area contributed by atoms with Gasteiger partial charge >= 0.3 is 0 Å². The highest BCUT2D eigenvalue weighted by Gasteiger charge is 2.09. The van der Waals surface area contributed by atoms with E-state index in [2.05, 4.69) is 23.7 Å². The highest BCUT2D eigenvalue weighted by Crippen LogP contribution is 2.30. The molecule has 0 fully saturated rings. The summed E-state index contributed by atoms with van der Waals surface area (Å²) in [5.74, 6) is 14.1. The van der Waals surface area contributed by atoms with Crippen LogP contribution in [-0.2, 0) is 0 Å². The highest BCUT2D eigenvalue weighted by atomic mass is 16.5. The first-order valence-corrected chi connectivity index (χ1v) is 7.76. The molecule has 0 saturated heterocycles. The number of methoxy groups -OCH3 is 4. The van der Waals surface area contributed by atoms with Crippen LogP contribution in [-0.4, -0.2) is 40.2 Å². The summed E-state index contributed by atoms with van der Waals surface area (Å²) in [6, 6.07) is 8.90. The zero-order valence-electron chi connectivity index (χ0n) is 15.2. The Morgan fingerprint density at radius 1 is 0.692 bits per heavy atom. The summed E-state index contributed by atoms with van der Waals surface area (Å²) >= 11 is 0. The molecule has 0 radical (unpaired) electrons. The molecule has 0 bridgehead atoms. The Morgan fingerprint density at radius 3 is 1.69 bits per heavy atom. The fourth-order valence-corrected chi connectivity index (χ4v) is 2.24. The normalized spacial score (nSPS) is 9.27. The van der Waals surface area contributed by atoms with Crippen molar-refractivity contribution in [2.45, 2.75) is 0 Å². The van der Waals surface area contributed by atoms with E-state index in [0.717, 1.165) is 5.56 Å². The summed E-state index contributed by atoms with van der Waals surface area (Å²) in [5, 5.41) is 8.98. The highest BCUT2D eigenvalue weighted by molar-refractivity contribution is 5.60. The van der Waals surface area contributed by atoms with Gasteiger partial charge in [0.2, 0.25) is 0 Å². The molecule has 134 valence electrons. The minimum Gasteiger partial charge on any atom is -0.497 e. The molecule has 0 spiro atoms. The molecule has 5 nitrogen and oxygen atoms in total. The van der Waals surface area contributed by atoms with Gasteiger partial charge in [-0.15, -0.1) is 0 Å². The smallest absolute Gasteiger partial charge is 0.162 e. The molecule has 2 aromatic carbocycles. The first-order valence-electron chi connectivity index (χ1n) is 7.76. The van der Waals surface area contributed by atoms with Crippen molar-refractivity contribution in [2.24, 2.45) is 0 Å². The largest absolute Gasteiger partial charge is 0.497 e. The Hall–Kier alpha value is -3.28. The Kier molecular flexibility index (Phi) is 6.79. The third kappa shape index (κ3) is 4.63. The van der Waals surface area contributed by atoms with Gasteiger partial charge in [0.1, 0.15) is 18.1 Å². The van der Waals surface area contributed by atoms with Crippen LogP contribution in [0.15, 0.2) is 30.3 Å². The van der Waals surface area contributed by atoms with Crippen LogP contribution >= 0.6 is 0 Å². The number of rotatable bonds is 4. The zero-order valence-corrected chi connectivity index (χ0v) is 15.2. The lowest BCUT2D eigenvalue weighted by Crippen LogP contribution is -1.94. The van der Waals surface area contributed by atoms with Crippen LogP contribution in [0, 0.1) is 23.7 Å². The number of ether oxygens (including phenoxy) is 4. The van der Waals surface area contributed by atoms with Crippen molar-refractivity contribution in [3.8, 4) is 46.7 Å².